The minimum absolute atomic E-state index is 0.182. The van der Waals surface area contributed by atoms with Crippen LogP contribution in [-0.2, 0) is 0 Å². The standard InChI is InChI=1S/C9H22N4O/c1-4-5-13(11)9(12-10)6-8(14)7(2)3/h7-8,14H,4-6,10-11H2,1-3H3/b12-9-. The fraction of sp³-hybridized carbons (Fsp3) is 0.889. The highest BCUT2D eigenvalue weighted by molar-refractivity contribution is 5.81. The number of aliphatic hydroxyl groups is 1. The molecule has 0 radical (unpaired) electrons. The summed E-state index contributed by atoms with van der Waals surface area (Å²) in [6, 6.07) is 0. The zero-order chi connectivity index (χ0) is 11.1. The van der Waals surface area contributed by atoms with Crippen molar-refractivity contribution in [2.75, 3.05) is 6.54 Å². The van der Waals surface area contributed by atoms with Crippen LogP contribution in [0.3, 0.4) is 0 Å². The van der Waals surface area contributed by atoms with Gasteiger partial charge in [0.2, 0.25) is 0 Å². The Morgan fingerprint density at radius 1 is 1.50 bits per heavy atom. The van der Waals surface area contributed by atoms with Gasteiger partial charge >= 0.3 is 0 Å². The molecule has 0 aromatic heterocycles. The van der Waals surface area contributed by atoms with Crippen molar-refractivity contribution in [3.8, 4) is 0 Å². The van der Waals surface area contributed by atoms with E-state index < -0.39 is 6.10 Å². The van der Waals surface area contributed by atoms with Crippen LogP contribution in [0, 0.1) is 5.92 Å². The Bertz CT molecular complexity index is 182. The summed E-state index contributed by atoms with van der Waals surface area (Å²) in [6.07, 6.45) is 0.887. The maximum absolute atomic E-state index is 9.63. The van der Waals surface area contributed by atoms with Crippen LogP contribution >= 0.6 is 0 Å². The van der Waals surface area contributed by atoms with Crippen molar-refractivity contribution >= 4 is 5.84 Å². The number of hydrogen-bond acceptors (Lipinski definition) is 4. The Balaban J connectivity index is 4.16. The van der Waals surface area contributed by atoms with Crippen molar-refractivity contribution in [3.05, 3.63) is 0 Å². The van der Waals surface area contributed by atoms with Gasteiger partial charge in [0.1, 0.15) is 5.84 Å². The molecule has 0 aliphatic rings. The highest BCUT2D eigenvalue weighted by Gasteiger charge is 2.15. The van der Waals surface area contributed by atoms with Gasteiger partial charge in [-0.25, -0.2) is 5.84 Å². The fourth-order valence-corrected chi connectivity index (χ4v) is 1.04. The molecule has 0 aliphatic carbocycles. The van der Waals surface area contributed by atoms with Crippen LogP contribution in [0.25, 0.3) is 0 Å². The van der Waals surface area contributed by atoms with Gasteiger partial charge < -0.3 is 10.9 Å². The molecular weight excluding hydrogens is 180 g/mol. The third-order valence-corrected chi connectivity index (χ3v) is 2.11. The second kappa shape index (κ2) is 6.62. The van der Waals surface area contributed by atoms with E-state index >= 15 is 0 Å². The normalized spacial score (nSPS) is 14.6. The molecule has 5 heteroatoms. The average molecular weight is 202 g/mol. The summed E-state index contributed by atoms with van der Waals surface area (Å²) in [5, 5.41) is 14.7. The highest BCUT2D eigenvalue weighted by Crippen LogP contribution is 2.07. The van der Waals surface area contributed by atoms with E-state index in [0.717, 1.165) is 6.42 Å². The monoisotopic (exact) mass is 202 g/mol. The van der Waals surface area contributed by atoms with Gasteiger partial charge in [0, 0.05) is 13.0 Å². The number of hydrazone groups is 1. The molecule has 0 rings (SSSR count). The van der Waals surface area contributed by atoms with Crippen LogP contribution in [0.2, 0.25) is 0 Å². The molecule has 0 aromatic carbocycles. The Morgan fingerprint density at radius 3 is 2.43 bits per heavy atom. The molecule has 0 bridgehead atoms. The quantitative estimate of drug-likeness (QED) is 0.258. The van der Waals surface area contributed by atoms with Gasteiger partial charge in [-0.15, -0.1) is 0 Å². The van der Waals surface area contributed by atoms with Crippen LogP contribution in [0.5, 0.6) is 0 Å². The second-order valence-corrected chi connectivity index (χ2v) is 3.75. The van der Waals surface area contributed by atoms with Gasteiger partial charge in [-0.3, -0.25) is 5.01 Å². The van der Waals surface area contributed by atoms with E-state index in [1.165, 1.54) is 5.01 Å². The largest absolute Gasteiger partial charge is 0.392 e. The van der Waals surface area contributed by atoms with Crippen molar-refractivity contribution in [2.24, 2.45) is 22.7 Å². The Hall–Kier alpha value is -0.810. The number of hydrogen-bond donors (Lipinski definition) is 3. The van der Waals surface area contributed by atoms with E-state index in [-0.39, 0.29) is 5.92 Å². The molecule has 1 unspecified atom stereocenters. The molecule has 14 heavy (non-hydrogen) atoms. The lowest BCUT2D eigenvalue weighted by Gasteiger charge is -2.22. The molecule has 0 fully saturated rings. The molecule has 0 spiro atoms. The zero-order valence-electron chi connectivity index (χ0n) is 9.27. The molecule has 5 nitrogen and oxygen atoms in total. The first-order chi connectivity index (χ1) is 6.52. The molecule has 0 amide bonds. The van der Waals surface area contributed by atoms with Crippen LogP contribution in [0.1, 0.15) is 33.6 Å². The maximum atomic E-state index is 9.63. The third kappa shape index (κ3) is 4.43. The zero-order valence-corrected chi connectivity index (χ0v) is 9.27. The number of nitrogens with two attached hydrogens (primary N) is 2. The van der Waals surface area contributed by atoms with Crippen LogP contribution in [0.4, 0.5) is 0 Å². The molecule has 1 atom stereocenters. The lowest BCUT2D eigenvalue weighted by Crippen LogP contribution is -2.41. The number of aliphatic hydroxyl groups excluding tert-OH is 1. The minimum atomic E-state index is -0.444. The summed E-state index contributed by atoms with van der Waals surface area (Å²) in [6.45, 7) is 6.60. The lowest BCUT2D eigenvalue weighted by molar-refractivity contribution is 0.129. The summed E-state index contributed by atoms with van der Waals surface area (Å²) in [7, 11) is 0. The second-order valence-electron chi connectivity index (χ2n) is 3.75. The highest BCUT2D eigenvalue weighted by atomic mass is 16.3. The lowest BCUT2D eigenvalue weighted by atomic mass is 10.0. The predicted molar refractivity (Wildman–Crippen MR) is 58.3 cm³/mol. The van der Waals surface area contributed by atoms with E-state index in [1.54, 1.807) is 0 Å². The first-order valence-electron chi connectivity index (χ1n) is 4.99. The van der Waals surface area contributed by atoms with Gasteiger partial charge in [0.25, 0.3) is 0 Å². The first-order valence-corrected chi connectivity index (χ1v) is 4.99. The van der Waals surface area contributed by atoms with Crippen molar-refractivity contribution < 1.29 is 5.11 Å². The summed E-state index contributed by atoms with van der Waals surface area (Å²) in [5.41, 5.74) is 0. The van der Waals surface area contributed by atoms with E-state index in [9.17, 15) is 5.11 Å². The molecule has 0 aromatic rings. The Labute approximate surface area is 85.7 Å². The summed E-state index contributed by atoms with van der Waals surface area (Å²) >= 11 is 0. The summed E-state index contributed by atoms with van der Waals surface area (Å²) in [5.74, 6) is 11.6. The number of amidine groups is 1. The smallest absolute Gasteiger partial charge is 0.141 e. The number of hydrazine groups is 1. The van der Waals surface area contributed by atoms with E-state index in [0.29, 0.717) is 18.8 Å². The van der Waals surface area contributed by atoms with Crippen molar-refractivity contribution in [1.82, 2.24) is 5.01 Å². The van der Waals surface area contributed by atoms with Crippen molar-refractivity contribution in [2.45, 2.75) is 39.7 Å². The van der Waals surface area contributed by atoms with Gasteiger partial charge in [-0.1, -0.05) is 20.8 Å². The average Bonchev–Trinajstić information content (AvgIpc) is 2.13. The van der Waals surface area contributed by atoms with Gasteiger partial charge in [0.05, 0.1) is 6.10 Å². The molecule has 0 heterocycles. The SMILES string of the molecule is CCCN(N)/C(CC(O)C(C)C)=N\N. The van der Waals surface area contributed by atoms with E-state index in [2.05, 4.69) is 5.10 Å². The molecule has 0 aliphatic heterocycles. The van der Waals surface area contributed by atoms with Crippen LogP contribution in [0.15, 0.2) is 5.10 Å². The third-order valence-electron chi connectivity index (χ3n) is 2.11. The van der Waals surface area contributed by atoms with Crippen LogP contribution in [-0.4, -0.2) is 28.6 Å². The summed E-state index contributed by atoms with van der Waals surface area (Å²) in [4.78, 5) is 0. The maximum Gasteiger partial charge on any atom is 0.141 e. The van der Waals surface area contributed by atoms with E-state index in [4.69, 9.17) is 11.7 Å². The minimum Gasteiger partial charge on any atom is -0.392 e. The topological polar surface area (TPSA) is 87.9 Å². The Morgan fingerprint density at radius 2 is 2.07 bits per heavy atom. The molecule has 0 saturated carbocycles. The molecular formula is C9H22N4O. The van der Waals surface area contributed by atoms with E-state index in [1.807, 2.05) is 20.8 Å². The number of nitrogens with zero attached hydrogens (tertiary/aromatic N) is 2. The first kappa shape index (κ1) is 13.2. The van der Waals surface area contributed by atoms with Crippen molar-refractivity contribution in [3.63, 3.8) is 0 Å². The van der Waals surface area contributed by atoms with Gasteiger partial charge in [0.15, 0.2) is 0 Å². The van der Waals surface area contributed by atoms with Gasteiger partial charge in [-0.05, 0) is 12.3 Å². The summed E-state index contributed by atoms with van der Waals surface area (Å²) < 4.78 is 0. The van der Waals surface area contributed by atoms with Gasteiger partial charge in [-0.2, -0.15) is 5.10 Å². The predicted octanol–water partition coefficient (Wildman–Crippen LogP) is 0.251. The number of rotatable bonds is 5. The fourth-order valence-electron chi connectivity index (χ4n) is 1.04. The van der Waals surface area contributed by atoms with Crippen LogP contribution < -0.4 is 11.7 Å². The molecule has 84 valence electrons. The van der Waals surface area contributed by atoms with Crippen molar-refractivity contribution in [1.29, 1.82) is 0 Å². The molecule has 0 saturated heterocycles. The molecule has 5 N–H and O–H groups in total. The Kier molecular flexibility index (Phi) is 6.23.